The molecule has 2 aromatic rings. The van der Waals surface area contributed by atoms with Crippen LogP contribution in [0.15, 0.2) is 48.5 Å². The van der Waals surface area contributed by atoms with Gasteiger partial charge >= 0.3 is 0 Å². The minimum atomic E-state index is -0.0683. The summed E-state index contributed by atoms with van der Waals surface area (Å²) in [6, 6.07) is 15.6. The van der Waals surface area contributed by atoms with Crippen LogP contribution < -0.4 is 5.32 Å². The highest BCUT2D eigenvalue weighted by atomic mass is 35.5. The Morgan fingerprint density at radius 2 is 1.36 bits per heavy atom. The average molecular weight is 376 g/mol. The summed E-state index contributed by atoms with van der Waals surface area (Å²) in [6.45, 7) is 4.15. The molecule has 0 unspecified atom stereocenters. The van der Waals surface area contributed by atoms with Crippen LogP contribution >= 0.6 is 23.2 Å². The highest BCUT2D eigenvalue weighted by molar-refractivity contribution is 6.30. The van der Waals surface area contributed by atoms with Gasteiger partial charge in [0, 0.05) is 34.0 Å². The first-order chi connectivity index (χ1) is 12.0. The van der Waals surface area contributed by atoms with E-state index >= 15 is 0 Å². The summed E-state index contributed by atoms with van der Waals surface area (Å²) in [6.07, 6.45) is 1.87. The number of benzene rings is 2. The molecule has 1 aliphatic heterocycles. The molecule has 0 spiro atoms. The van der Waals surface area contributed by atoms with E-state index < -0.39 is 0 Å². The Hall–Kier alpha value is -1.35. The number of hydrogen-bond donors (Lipinski definition) is 1. The van der Waals surface area contributed by atoms with E-state index in [-0.39, 0.29) is 23.9 Å². The number of hydrogen-bond acceptors (Lipinski definition) is 2. The quantitative estimate of drug-likeness (QED) is 0.709. The molecule has 1 aliphatic rings. The van der Waals surface area contributed by atoms with Crippen molar-refractivity contribution in [1.82, 2.24) is 5.32 Å². The Morgan fingerprint density at radius 1 is 0.880 bits per heavy atom. The highest BCUT2D eigenvalue weighted by Crippen LogP contribution is 2.40. The molecular weight excluding hydrogens is 353 g/mol. The smallest absolute Gasteiger partial charge is 0.142 e. The monoisotopic (exact) mass is 375 g/mol. The lowest BCUT2D eigenvalue weighted by Crippen LogP contribution is -2.47. The molecule has 0 aliphatic carbocycles. The van der Waals surface area contributed by atoms with E-state index in [9.17, 15) is 4.79 Å². The lowest BCUT2D eigenvalue weighted by molar-refractivity contribution is -0.131. The molecule has 1 fully saturated rings. The van der Waals surface area contributed by atoms with Crippen LogP contribution in [0.1, 0.15) is 49.9 Å². The number of nitrogens with one attached hydrogen (secondary N) is 1. The van der Waals surface area contributed by atoms with Crippen molar-refractivity contribution < 1.29 is 4.79 Å². The largest absolute Gasteiger partial charge is 0.302 e. The molecule has 0 bridgehead atoms. The van der Waals surface area contributed by atoms with Gasteiger partial charge in [0.15, 0.2) is 0 Å². The van der Waals surface area contributed by atoms with Crippen molar-refractivity contribution in [2.45, 2.75) is 38.8 Å². The first-order valence-corrected chi connectivity index (χ1v) is 9.57. The molecule has 1 N–H and O–H groups in total. The average Bonchev–Trinajstić information content (AvgIpc) is 2.61. The van der Waals surface area contributed by atoms with E-state index in [1.54, 1.807) is 0 Å². The predicted octanol–water partition coefficient (Wildman–Crippen LogP) is 6.00. The number of halogens is 2. The number of rotatable bonds is 4. The Bertz CT molecular complexity index is 727. The van der Waals surface area contributed by atoms with Gasteiger partial charge in [-0.05, 0) is 41.8 Å². The Balaban J connectivity index is 1.96. The van der Waals surface area contributed by atoms with Crippen molar-refractivity contribution in [2.24, 2.45) is 11.8 Å². The normalized spacial score (nSPS) is 26.6. The number of carbonyl (C=O) groups is 1. The molecule has 4 heteroatoms. The van der Waals surface area contributed by atoms with Crippen molar-refractivity contribution >= 4 is 29.0 Å². The van der Waals surface area contributed by atoms with Gasteiger partial charge in [-0.15, -0.1) is 0 Å². The summed E-state index contributed by atoms with van der Waals surface area (Å²) in [5, 5.41) is 5.15. The number of Topliss-reactive ketones (excluding diaryl/α,β-unsaturated/α-hetero) is 1. The summed E-state index contributed by atoms with van der Waals surface area (Å²) >= 11 is 12.1. The van der Waals surface area contributed by atoms with Crippen LogP contribution in [0.3, 0.4) is 0 Å². The molecule has 0 saturated carbocycles. The van der Waals surface area contributed by atoms with Crippen LogP contribution in [0.4, 0.5) is 0 Å². The van der Waals surface area contributed by atoms with Crippen molar-refractivity contribution in [3.05, 3.63) is 69.7 Å². The molecular formula is C21H23Cl2NO. The van der Waals surface area contributed by atoms with Crippen molar-refractivity contribution in [3.8, 4) is 0 Å². The summed E-state index contributed by atoms with van der Waals surface area (Å²) in [7, 11) is 0. The van der Waals surface area contributed by atoms with Crippen molar-refractivity contribution in [1.29, 1.82) is 0 Å². The maximum absolute atomic E-state index is 13.1. The van der Waals surface area contributed by atoms with Gasteiger partial charge in [-0.25, -0.2) is 0 Å². The van der Waals surface area contributed by atoms with Gasteiger partial charge in [0.2, 0.25) is 0 Å². The Morgan fingerprint density at radius 3 is 1.84 bits per heavy atom. The SMILES string of the molecule is CCC[C@@H]1C(=O)[C@H](C)[C@H](c2ccc(Cl)cc2)N[C@H]1c1ccc(Cl)cc1. The van der Waals surface area contributed by atoms with E-state index in [1.807, 2.05) is 55.5 Å². The summed E-state index contributed by atoms with van der Waals surface area (Å²) in [4.78, 5) is 13.1. The maximum atomic E-state index is 13.1. The molecule has 3 rings (SSSR count). The van der Waals surface area contributed by atoms with E-state index in [0.29, 0.717) is 15.8 Å². The predicted molar refractivity (Wildman–Crippen MR) is 104 cm³/mol. The van der Waals surface area contributed by atoms with Gasteiger partial charge in [-0.1, -0.05) is 67.7 Å². The van der Waals surface area contributed by atoms with Crippen LogP contribution in [-0.2, 0) is 4.79 Å². The summed E-state index contributed by atoms with van der Waals surface area (Å²) < 4.78 is 0. The molecule has 1 heterocycles. The van der Waals surface area contributed by atoms with Crippen molar-refractivity contribution in [3.63, 3.8) is 0 Å². The third-order valence-electron chi connectivity index (χ3n) is 5.13. The van der Waals surface area contributed by atoms with E-state index in [2.05, 4.69) is 12.2 Å². The van der Waals surface area contributed by atoms with Gasteiger partial charge in [0.05, 0.1) is 0 Å². The van der Waals surface area contributed by atoms with E-state index in [0.717, 1.165) is 24.0 Å². The Labute approximate surface area is 159 Å². The molecule has 4 atom stereocenters. The minimum Gasteiger partial charge on any atom is -0.302 e. The van der Waals surface area contributed by atoms with Crippen molar-refractivity contribution in [2.75, 3.05) is 0 Å². The van der Waals surface area contributed by atoms with E-state index in [1.165, 1.54) is 0 Å². The zero-order valence-corrected chi connectivity index (χ0v) is 16.0. The van der Waals surface area contributed by atoms with Crippen LogP contribution in [0.5, 0.6) is 0 Å². The fourth-order valence-corrected chi connectivity index (χ4v) is 4.05. The molecule has 1 saturated heterocycles. The first-order valence-electron chi connectivity index (χ1n) is 8.82. The summed E-state index contributed by atoms with van der Waals surface area (Å²) in [5.41, 5.74) is 2.21. The van der Waals surface area contributed by atoms with Gasteiger partial charge in [-0.3, -0.25) is 4.79 Å². The number of carbonyl (C=O) groups excluding carboxylic acids is 1. The zero-order valence-electron chi connectivity index (χ0n) is 14.5. The lowest BCUT2D eigenvalue weighted by atomic mass is 9.74. The Kier molecular flexibility index (Phi) is 5.83. The standard InChI is InChI=1S/C21H23Cl2NO/c1-3-4-18-20(15-7-11-17(23)12-8-15)24-19(13(2)21(18)25)14-5-9-16(22)10-6-14/h5-13,18-20,24H,3-4H2,1-2H3/t13-,18+,19-,20+/m1/s1. The van der Waals surface area contributed by atoms with Crippen LogP contribution in [0.2, 0.25) is 10.0 Å². The second-order valence-corrected chi connectivity index (χ2v) is 7.68. The number of ketones is 1. The molecule has 0 amide bonds. The third-order valence-corrected chi connectivity index (χ3v) is 5.64. The summed E-state index contributed by atoms with van der Waals surface area (Å²) in [5.74, 6) is 0.256. The number of piperidine rings is 1. The molecule has 0 radical (unpaired) electrons. The van der Waals surface area contributed by atoms with Gasteiger partial charge in [-0.2, -0.15) is 0 Å². The molecule has 0 aromatic heterocycles. The van der Waals surface area contributed by atoms with Crippen LogP contribution in [-0.4, -0.2) is 5.78 Å². The maximum Gasteiger partial charge on any atom is 0.142 e. The lowest BCUT2D eigenvalue weighted by Gasteiger charge is -2.41. The fraction of sp³-hybridized carbons (Fsp3) is 0.381. The van der Waals surface area contributed by atoms with Gasteiger partial charge < -0.3 is 5.32 Å². The first kappa shape index (κ1) is 18.4. The van der Waals surface area contributed by atoms with E-state index in [4.69, 9.17) is 23.2 Å². The second kappa shape index (κ2) is 7.90. The fourth-order valence-electron chi connectivity index (χ4n) is 3.79. The molecule has 2 nitrogen and oxygen atoms in total. The molecule has 25 heavy (non-hydrogen) atoms. The van der Waals surface area contributed by atoms with Crippen LogP contribution in [0.25, 0.3) is 0 Å². The second-order valence-electron chi connectivity index (χ2n) is 6.81. The van der Waals surface area contributed by atoms with Crippen LogP contribution in [0, 0.1) is 11.8 Å². The molecule has 132 valence electrons. The van der Waals surface area contributed by atoms with Gasteiger partial charge in [0.1, 0.15) is 5.78 Å². The molecule has 2 aromatic carbocycles. The topological polar surface area (TPSA) is 29.1 Å². The van der Waals surface area contributed by atoms with Gasteiger partial charge in [0.25, 0.3) is 0 Å². The zero-order chi connectivity index (χ0) is 18.0. The third kappa shape index (κ3) is 3.92. The minimum absolute atomic E-state index is 0.00148. The highest BCUT2D eigenvalue weighted by Gasteiger charge is 2.41.